The van der Waals surface area contributed by atoms with Gasteiger partial charge in [0.25, 0.3) is 5.91 Å². The summed E-state index contributed by atoms with van der Waals surface area (Å²) in [5.41, 5.74) is -0.00191. The van der Waals surface area contributed by atoms with Gasteiger partial charge in [0.05, 0.1) is 7.11 Å². The smallest absolute Gasteiger partial charge is 0.258 e. The number of halogens is 1. The van der Waals surface area contributed by atoms with Crippen LogP contribution in [0, 0.1) is 17.7 Å². The molecule has 1 amide bonds. The number of carbonyl (C=O) groups is 1. The molecule has 2 aliphatic rings. The van der Waals surface area contributed by atoms with E-state index < -0.39 is 5.82 Å². The van der Waals surface area contributed by atoms with Crippen molar-refractivity contribution in [2.75, 3.05) is 20.2 Å². The van der Waals surface area contributed by atoms with Gasteiger partial charge in [-0.2, -0.15) is 0 Å². The van der Waals surface area contributed by atoms with Crippen LogP contribution in [-0.2, 0) is 0 Å². The predicted molar refractivity (Wildman–Crippen MR) is 64.1 cm³/mol. The summed E-state index contributed by atoms with van der Waals surface area (Å²) in [7, 11) is 1.43. The van der Waals surface area contributed by atoms with E-state index in [9.17, 15) is 9.18 Å². The van der Waals surface area contributed by atoms with E-state index in [1.807, 2.05) is 0 Å². The van der Waals surface area contributed by atoms with Crippen LogP contribution in [0.1, 0.15) is 10.4 Å². The minimum atomic E-state index is -0.546. The van der Waals surface area contributed by atoms with Crippen LogP contribution in [0.4, 0.5) is 4.39 Å². The summed E-state index contributed by atoms with van der Waals surface area (Å²) < 4.78 is 18.7. The van der Waals surface area contributed by atoms with Crippen LogP contribution in [0.25, 0.3) is 0 Å². The van der Waals surface area contributed by atoms with Crippen molar-refractivity contribution in [3.05, 3.63) is 29.6 Å². The third kappa shape index (κ3) is 1.75. The number of piperidine rings is 1. The van der Waals surface area contributed by atoms with E-state index >= 15 is 0 Å². The molecule has 5 heteroatoms. The highest BCUT2D eigenvalue weighted by atomic mass is 19.1. The lowest BCUT2D eigenvalue weighted by molar-refractivity contribution is 0.0939. The molecule has 0 bridgehead atoms. The summed E-state index contributed by atoms with van der Waals surface area (Å²) in [5, 5.41) is 6.14. The van der Waals surface area contributed by atoms with Gasteiger partial charge in [0.2, 0.25) is 0 Å². The van der Waals surface area contributed by atoms with Crippen molar-refractivity contribution in [1.29, 1.82) is 0 Å². The van der Waals surface area contributed by atoms with Gasteiger partial charge in [0, 0.05) is 19.1 Å². The molecule has 2 unspecified atom stereocenters. The number of ether oxygens (including phenoxy) is 1. The second kappa shape index (κ2) is 4.24. The molecule has 1 aromatic carbocycles. The Morgan fingerprint density at radius 3 is 2.83 bits per heavy atom. The van der Waals surface area contributed by atoms with E-state index in [-0.39, 0.29) is 23.3 Å². The molecule has 1 aliphatic carbocycles. The highest BCUT2D eigenvalue weighted by molar-refractivity contribution is 5.97. The van der Waals surface area contributed by atoms with Gasteiger partial charge in [-0.15, -0.1) is 0 Å². The van der Waals surface area contributed by atoms with Crippen molar-refractivity contribution < 1.29 is 13.9 Å². The Morgan fingerprint density at radius 2 is 2.17 bits per heavy atom. The number of hydrogen-bond acceptors (Lipinski definition) is 3. The lowest BCUT2D eigenvalue weighted by atomic mass is 10.1. The van der Waals surface area contributed by atoms with Gasteiger partial charge >= 0.3 is 0 Å². The Morgan fingerprint density at radius 1 is 1.44 bits per heavy atom. The third-order valence-corrected chi connectivity index (χ3v) is 3.81. The Hall–Kier alpha value is -1.62. The first kappa shape index (κ1) is 11.5. The Bertz CT molecular complexity index is 482. The fraction of sp³-hybridized carbons (Fsp3) is 0.462. The summed E-state index contributed by atoms with van der Waals surface area (Å²) in [6.45, 7) is 1.87. The molecular weight excluding hydrogens is 235 g/mol. The maximum absolute atomic E-state index is 13.7. The molecule has 1 aromatic rings. The predicted octanol–water partition coefficient (Wildman–Crippen LogP) is 0.782. The molecule has 1 saturated heterocycles. The Labute approximate surface area is 105 Å². The van der Waals surface area contributed by atoms with Gasteiger partial charge in [0.1, 0.15) is 17.1 Å². The second-order valence-corrected chi connectivity index (χ2v) is 4.80. The van der Waals surface area contributed by atoms with Gasteiger partial charge in [-0.05, 0) is 24.0 Å². The zero-order valence-electron chi connectivity index (χ0n) is 10.1. The zero-order valence-corrected chi connectivity index (χ0v) is 10.1. The van der Waals surface area contributed by atoms with E-state index in [1.54, 1.807) is 6.07 Å². The summed E-state index contributed by atoms with van der Waals surface area (Å²) in [5.74, 6) is 0.356. The van der Waals surface area contributed by atoms with Crippen molar-refractivity contribution in [2.45, 2.75) is 6.04 Å². The zero-order chi connectivity index (χ0) is 12.7. The number of rotatable bonds is 3. The molecule has 2 atom stereocenters. The van der Waals surface area contributed by atoms with E-state index in [1.165, 1.54) is 19.2 Å². The van der Waals surface area contributed by atoms with Crippen molar-refractivity contribution in [2.24, 2.45) is 11.8 Å². The lowest BCUT2D eigenvalue weighted by Crippen LogP contribution is -2.33. The fourth-order valence-electron chi connectivity index (χ4n) is 2.75. The Kier molecular flexibility index (Phi) is 2.70. The number of methoxy groups -OCH3 is 1. The normalized spacial score (nSPS) is 28.7. The van der Waals surface area contributed by atoms with Gasteiger partial charge in [-0.25, -0.2) is 4.39 Å². The molecule has 2 fully saturated rings. The number of amides is 1. The first-order valence-corrected chi connectivity index (χ1v) is 6.06. The molecule has 18 heavy (non-hydrogen) atoms. The van der Waals surface area contributed by atoms with Crippen molar-refractivity contribution >= 4 is 5.91 Å². The molecule has 0 aromatic heterocycles. The van der Waals surface area contributed by atoms with E-state index in [2.05, 4.69) is 10.6 Å². The minimum absolute atomic E-state index is 0.00191. The van der Waals surface area contributed by atoms with Crippen LogP contribution < -0.4 is 15.4 Å². The number of nitrogens with one attached hydrogen (secondary N) is 2. The third-order valence-electron chi connectivity index (χ3n) is 3.81. The molecular formula is C13H15FN2O2. The van der Waals surface area contributed by atoms with Gasteiger partial charge in [0.15, 0.2) is 0 Å². The number of fused-ring (bicyclic) bond motifs is 1. The molecule has 1 aliphatic heterocycles. The second-order valence-electron chi connectivity index (χ2n) is 4.80. The molecule has 1 heterocycles. The molecule has 0 spiro atoms. The summed E-state index contributed by atoms with van der Waals surface area (Å²) >= 11 is 0. The molecule has 3 rings (SSSR count). The van der Waals surface area contributed by atoms with Crippen LogP contribution in [-0.4, -0.2) is 32.1 Å². The first-order chi connectivity index (χ1) is 8.72. The van der Waals surface area contributed by atoms with E-state index in [0.29, 0.717) is 11.8 Å². The van der Waals surface area contributed by atoms with Crippen molar-refractivity contribution in [3.8, 4) is 5.75 Å². The largest absolute Gasteiger partial charge is 0.496 e. The van der Waals surface area contributed by atoms with Crippen LogP contribution in [0.3, 0.4) is 0 Å². The highest BCUT2D eigenvalue weighted by Gasteiger charge is 2.53. The monoisotopic (exact) mass is 250 g/mol. The fourth-order valence-corrected chi connectivity index (χ4v) is 2.75. The van der Waals surface area contributed by atoms with E-state index in [4.69, 9.17) is 4.74 Å². The van der Waals surface area contributed by atoms with Crippen LogP contribution in [0.15, 0.2) is 18.2 Å². The molecule has 2 N–H and O–H groups in total. The van der Waals surface area contributed by atoms with Crippen LogP contribution >= 0.6 is 0 Å². The van der Waals surface area contributed by atoms with Crippen molar-refractivity contribution in [1.82, 2.24) is 10.6 Å². The Balaban J connectivity index is 1.76. The number of carbonyl (C=O) groups excluding carboxylic acids is 1. The van der Waals surface area contributed by atoms with Gasteiger partial charge in [-0.3, -0.25) is 4.79 Å². The number of benzene rings is 1. The molecule has 1 saturated carbocycles. The topological polar surface area (TPSA) is 50.4 Å². The van der Waals surface area contributed by atoms with Crippen LogP contribution in [0.5, 0.6) is 5.75 Å². The van der Waals surface area contributed by atoms with E-state index in [0.717, 1.165) is 13.1 Å². The summed E-state index contributed by atoms with van der Waals surface area (Å²) in [4.78, 5) is 12.1. The molecule has 96 valence electrons. The van der Waals surface area contributed by atoms with Crippen molar-refractivity contribution in [3.63, 3.8) is 0 Å². The van der Waals surface area contributed by atoms with Crippen LogP contribution in [0.2, 0.25) is 0 Å². The lowest BCUT2D eigenvalue weighted by Gasteiger charge is -2.11. The average Bonchev–Trinajstić information content (AvgIpc) is 2.81. The number of hydrogen-bond donors (Lipinski definition) is 2. The average molecular weight is 250 g/mol. The maximum Gasteiger partial charge on any atom is 0.258 e. The summed E-state index contributed by atoms with van der Waals surface area (Å²) in [6.07, 6.45) is 0. The quantitative estimate of drug-likeness (QED) is 0.833. The summed E-state index contributed by atoms with van der Waals surface area (Å²) in [6, 6.07) is 4.57. The molecule has 0 radical (unpaired) electrons. The van der Waals surface area contributed by atoms with Gasteiger partial charge < -0.3 is 15.4 Å². The maximum atomic E-state index is 13.7. The highest BCUT2D eigenvalue weighted by Crippen LogP contribution is 2.41. The first-order valence-electron chi connectivity index (χ1n) is 6.06. The minimum Gasteiger partial charge on any atom is -0.496 e. The van der Waals surface area contributed by atoms with Gasteiger partial charge in [-0.1, -0.05) is 6.07 Å². The standard InChI is InChI=1S/C13H15FN2O2/c1-18-10-4-2-3-9(14)11(10)13(17)16-12-7-5-15-6-8(7)12/h2-4,7-8,12,15H,5-6H2,1H3,(H,16,17). The SMILES string of the molecule is COc1cccc(F)c1C(=O)NC1C2CNCC21. The molecule has 4 nitrogen and oxygen atoms in total.